The fraction of sp³-hybridized carbons (Fsp3) is 0.692. The Hall–Kier alpha value is -1.60. The first kappa shape index (κ1) is 16.5. The first-order chi connectivity index (χ1) is 9.19. The quantitative estimate of drug-likeness (QED) is 0.741. The van der Waals surface area contributed by atoms with E-state index in [0.29, 0.717) is 5.69 Å². The third kappa shape index (κ3) is 5.58. The first-order valence-electron chi connectivity index (χ1n) is 6.51. The summed E-state index contributed by atoms with van der Waals surface area (Å²) in [5.74, 6) is 0. The van der Waals surface area contributed by atoms with Crippen LogP contribution in [0.4, 0.5) is 4.79 Å². The van der Waals surface area contributed by atoms with Crippen LogP contribution in [0.25, 0.3) is 0 Å². The van der Waals surface area contributed by atoms with E-state index in [9.17, 15) is 15.0 Å². The van der Waals surface area contributed by atoms with Gasteiger partial charge in [0.05, 0.1) is 11.8 Å². The lowest BCUT2D eigenvalue weighted by molar-refractivity contribution is 0.00966. The van der Waals surface area contributed by atoms with Gasteiger partial charge in [0.25, 0.3) is 0 Å². The van der Waals surface area contributed by atoms with E-state index >= 15 is 0 Å². The predicted octanol–water partition coefficient (Wildman–Crippen LogP) is 0.729. The maximum absolute atomic E-state index is 11.4. The van der Waals surface area contributed by atoms with Crippen LogP contribution in [0.2, 0.25) is 0 Å². The Morgan fingerprint density at radius 1 is 1.50 bits per heavy atom. The Labute approximate surface area is 118 Å². The third-order valence-electron chi connectivity index (χ3n) is 2.51. The number of nitrogens with one attached hydrogen (secondary N) is 1. The van der Waals surface area contributed by atoms with Gasteiger partial charge in [-0.05, 0) is 33.3 Å². The Morgan fingerprint density at radius 3 is 2.65 bits per heavy atom. The van der Waals surface area contributed by atoms with Gasteiger partial charge in [-0.1, -0.05) is 0 Å². The summed E-state index contributed by atoms with van der Waals surface area (Å²) in [6.45, 7) is 5.52. The molecule has 0 aliphatic rings. The van der Waals surface area contributed by atoms with E-state index in [-0.39, 0.29) is 13.0 Å². The molecule has 0 bridgehead atoms. The minimum Gasteiger partial charge on any atom is -0.444 e. The highest BCUT2D eigenvalue weighted by molar-refractivity contribution is 5.67. The highest BCUT2D eigenvalue weighted by atomic mass is 16.6. The number of alkyl carbamates (subject to hydrolysis) is 1. The topological polar surface area (TPSA) is 96.6 Å². The minimum atomic E-state index is -1.07. The molecule has 1 rings (SSSR count). The van der Waals surface area contributed by atoms with E-state index in [0.717, 1.165) is 0 Å². The molecule has 1 aromatic rings. The summed E-state index contributed by atoms with van der Waals surface area (Å²) in [7, 11) is 1.73. The molecule has 114 valence electrons. The average Bonchev–Trinajstić information content (AvgIpc) is 2.72. The summed E-state index contributed by atoms with van der Waals surface area (Å²) < 4.78 is 6.60. The molecule has 0 fully saturated rings. The van der Waals surface area contributed by atoms with Gasteiger partial charge in [0.1, 0.15) is 11.7 Å². The lowest BCUT2D eigenvalue weighted by Crippen LogP contribution is -2.34. The molecule has 7 nitrogen and oxygen atoms in total. The SMILES string of the molecule is Cn1ccc(C(O)C(O)CCNC(=O)OC(C)(C)C)n1. The smallest absolute Gasteiger partial charge is 0.407 e. The summed E-state index contributed by atoms with van der Waals surface area (Å²) in [5, 5.41) is 26.3. The molecule has 0 saturated carbocycles. The van der Waals surface area contributed by atoms with Crippen LogP contribution < -0.4 is 5.32 Å². The molecule has 0 aromatic carbocycles. The number of aliphatic hydroxyl groups excluding tert-OH is 2. The van der Waals surface area contributed by atoms with Crippen LogP contribution >= 0.6 is 0 Å². The third-order valence-corrected chi connectivity index (χ3v) is 2.51. The van der Waals surface area contributed by atoms with Gasteiger partial charge in [0.15, 0.2) is 0 Å². The fourth-order valence-corrected chi connectivity index (χ4v) is 1.58. The number of ether oxygens (including phenoxy) is 1. The molecule has 2 atom stereocenters. The lowest BCUT2D eigenvalue weighted by Gasteiger charge is -2.20. The van der Waals surface area contributed by atoms with Crippen molar-refractivity contribution in [3.8, 4) is 0 Å². The second-order valence-corrected chi connectivity index (χ2v) is 5.64. The van der Waals surface area contributed by atoms with E-state index in [2.05, 4.69) is 10.4 Å². The summed E-state index contributed by atoms with van der Waals surface area (Å²) in [6, 6.07) is 1.63. The first-order valence-corrected chi connectivity index (χ1v) is 6.51. The molecule has 1 heterocycles. The van der Waals surface area contributed by atoms with E-state index in [4.69, 9.17) is 4.74 Å². The van der Waals surface area contributed by atoms with Crippen LogP contribution in [0.5, 0.6) is 0 Å². The largest absolute Gasteiger partial charge is 0.444 e. The maximum Gasteiger partial charge on any atom is 0.407 e. The van der Waals surface area contributed by atoms with E-state index < -0.39 is 23.9 Å². The normalized spacial score (nSPS) is 14.7. The number of aliphatic hydroxyl groups is 2. The fourth-order valence-electron chi connectivity index (χ4n) is 1.58. The van der Waals surface area contributed by atoms with Crippen molar-refractivity contribution in [1.29, 1.82) is 0 Å². The average molecular weight is 285 g/mol. The number of rotatable bonds is 5. The van der Waals surface area contributed by atoms with Gasteiger partial charge >= 0.3 is 6.09 Å². The highest BCUT2D eigenvalue weighted by Gasteiger charge is 2.21. The number of aryl methyl sites for hydroxylation is 1. The van der Waals surface area contributed by atoms with Crippen LogP contribution in [0.3, 0.4) is 0 Å². The molecular formula is C13H23N3O4. The van der Waals surface area contributed by atoms with E-state index in [1.165, 1.54) is 0 Å². The standard InChI is InChI=1S/C13H23N3O4/c1-13(2,3)20-12(19)14-7-5-10(17)11(18)9-6-8-16(4)15-9/h6,8,10-11,17-18H,5,7H2,1-4H3,(H,14,19). The van der Waals surface area contributed by atoms with Crippen molar-refractivity contribution in [3.05, 3.63) is 18.0 Å². The molecule has 0 aliphatic carbocycles. The van der Waals surface area contributed by atoms with Gasteiger partial charge in [-0.2, -0.15) is 5.10 Å². The maximum atomic E-state index is 11.4. The summed E-state index contributed by atoms with van der Waals surface area (Å²) in [4.78, 5) is 11.4. The van der Waals surface area contributed by atoms with Gasteiger partial charge in [0, 0.05) is 19.8 Å². The molecule has 0 radical (unpaired) electrons. The van der Waals surface area contributed by atoms with Crippen molar-refractivity contribution >= 4 is 6.09 Å². The molecule has 1 aromatic heterocycles. The van der Waals surface area contributed by atoms with Gasteiger partial charge in [-0.15, -0.1) is 0 Å². The molecule has 7 heteroatoms. The van der Waals surface area contributed by atoms with Crippen LogP contribution in [0.15, 0.2) is 12.3 Å². The highest BCUT2D eigenvalue weighted by Crippen LogP contribution is 2.16. The molecule has 0 aliphatic heterocycles. The molecule has 3 N–H and O–H groups in total. The summed E-state index contributed by atoms with van der Waals surface area (Å²) in [6.07, 6.45) is -0.727. The van der Waals surface area contributed by atoms with E-state index in [1.807, 2.05) is 0 Å². The Kier molecular flexibility index (Phi) is 5.52. The molecular weight excluding hydrogens is 262 g/mol. The predicted molar refractivity (Wildman–Crippen MR) is 73.0 cm³/mol. The second-order valence-electron chi connectivity index (χ2n) is 5.64. The van der Waals surface area contributed by atoms with Gasteiger partial charge in [-0.3, -0.25) is 4.68 Å². The van der Waals surface area contributed by atoms with Crippen molar-refractivity contribution in [2.45, 2.75) is 45.0 Å². The molecule has 1 amide bonds. The Bertz CT molecular complexity index is 439. The molecule has 2 unspecified atom stereocenters. The van der Waals surface area contributed by atoms with Crippen molar-refractivity contribution in [3.63, 3.8) is 0 Å². The van der Waals surface area contributed by atoms with Crippen molar-refractivity contribution in [2.75, 3.05) is 6.54 Å². The van der Waals surface area contributed by atoms with Gasteiger partial charge in [0.2, 0.25) is 0 Å². The number of nitrogens with zero attached hydrogens (tertiary/aromatic N) is 2. The van der Waals surface area contributed by atoms with Crippen LogP contribution in [0.1, 0.15) is 39.0 Å². The van der Waals surface area contributed by atoms with Crippen LogP contribution in [-0.4, -0.2) is 44.3 Å². The van der Waals surface area contributed by atoms with Gasteiger partial charge in [-0.25, -0.2) is 4.79 Å². The summed E-state index contributed by atoms with van der Waals surface area (Å²) in [5.41, 5.74) is -0.159. The zero-order valence-corrected chi connectivity index (χ0v) is 12.3. The molecule has 20 heavy (non-hydrogen) atoms. The van der Waals surface area contributed by atoms with Crippen molar-refractivity contribution < 1.29 is 19.7 Å². The number of carbonyl (C=O) groups is 1. The van der Waals surface area contributed by atoms with Crippen LogP contribution in [-0.2, 0) is 11.8 Å². The van der Waals surface area contributed by atoms with Crippen LogP contribution in [0, 0.1) is 0 Å². The number of hydrogen-bond acceptors (Lipinski definition) is 5. The lowest BCUT2D eigenvalue weighted by atomic mass is 10.1. The number of amides is 1. The molecule has 0 spiro atoms. The minimum absolute atomic E-state index is 0.205. The monoisotopic (exact) mass is 285 g/mol. The zero-order chi connectivity index (χ0) is 15.3. The number of aromatic nitrogens is 2. The number of carbonyl (C=O) groups excluding carboxylic acids is 1. The zero-order valence-electron chi connectivity index (χ0n) is 12.3. The Morgan fingerprint density at radius 2 is 2.15 bits per heavy atom. The molecule has 0 saturated heterocycles. The van der Waals surface area contributed by atoms with Crippen molar-refractivity contribution in [1.82, 2.24) is 15.1 Å². The Balaban J connectivity index is 2.33. The number of hydrogen-bond donors (Lipinski definition) is 3. The van der Waals surface area contributed by atoms with Gasteiger partial charge < -0.3 is 20.3 Å². The van der Waals surface area contributed by atoms with E-state index in [1.54, 1.807) is 44.8 Å². The van der Waals surface area contributed by atoms with Crippen molar-refractivity contribution in [2.24, 2.45) is 7.05 Å². The second kappa shape index (κ2) is 6.71. The summed E-state index contributed by atoms with van der Waals surface area (Å²) >= 11 is 0.